The predicted octanol–water partition coefficient (Wildman–Crippen LogP) is 1.78. The van der Waals surface area contributed by atoms with Crippen LogP contribution in [-0.2, 0) is 18.4 Å². The molecule has 7 nitrogen and oxygen atoms in total. The summed E-state index contributed by atoms with van der Waals surface area (Å²) in [6.45, 7) is 1.74. The molecule has 0 atom stereocenters. The quantitative estimate of drug-likeness (QED) is 0.708. The van der Waals surface area contributed by atoms with E-state index in [-0.39, 0.29) is 17.5 Å². The van der Waals surface area contributed by atoms with Crippen molar-refractivity contribution in [2.24, 2.45) is 7.05 Å². The minimum atomic E-state index is -0.137. The normalized spacial score (nSPS) is 15.2. The van der Waals surface area contributed by atoms with Gasteiger partial charge in [0.2, 0.25) is 5.91 Å². The number of carbonyl (C=O) groups is 1. The molecule has 0 saturated carbocycles. The maximum Gasteiger partial charge on any atom is 0.350 e. The Morgan fingerprint density at radius 1 is 1.07 bits per heavy atom. The topological polar surface area (TPSA) is 65.1 Å². The van der Waals surface area contributed by atoms with Gasteiger partial charge in [-0.25, -0.2) is 14.0 Å². The SMILES string of the molecule is Cn1nc(C2CCN(C(=O)Cn3cccc3)CC2)n(-c2ccccc2)c1=O. The van der Waals surface area contributed by atoms with Gasteiger partial charge in [0.15, 0.2) is 0 Å². The summed E-state index contributed by atoms with van der Waals surface area (Å²) in [6.07, 6.45) is 5.41. The molecule has 0 unspecified atom stereocenters. The molecule has 3 aromatic rings. The number of amides is 1. The van der Waals surface area contributed by atoms with Crippen LogP contribution in [0.15, 0.2) is 59.7 Å². The molecule has 4 rings (SSSR count). The fourth-order valence-corrected chi connectivity index (χ4v) is 3.69. The smallest absolute Gasteiger partial charge is 0.345 e. The number of hydrogen-bond acceptors (Lipinski definition) is 3. The van der Waals surface area contributed by atoms with Crippen LogP contribution in [0.3, 0.4) is 0 Å². The highest BCUT2D eigenvalue weighted by atomic mass is 16.2. The molecule has 1 aromatic carbocycles. The van der Waals surface area contributed by atoms with E-state index in [4.69, 9.17) is 0 Å². The summed E-state index contributed by atoms with van der Waals surface area (Å²) in [4.78, 5) is 27.0. The van der Waals surface area contributed by atoms with Crippen LogP contribution in [0.2, 0.25) is 0 Å². The van der Waals surface area contributed by atoms with Gasteiger partial charge in [-0.05, 0) is 37.1 Å². The first kappa shape index (κ1) is 17.3. The van der Waals surface area contributed by atoms with Crippen LogP contribution in [0.25, 0.3) is 5.69 Å². The van der Waals surface area contributed by atoms with E-state index < -0.39 is 0 Å². The first-order chi connectivity index (χ1) is 13.1. The maximum absolute atomic E-state index is 12.6. The van der Waals surface area contributed by atoms with Crippen molar-refractivity contribution in [1.82, 2.24) is 23.8 Å². The van der Waals surface area contributed by atoms with E-state index >= 15 is 0 Å². The summed E-state index contributed by atoms with van der Waals surface area (Å²) in [5.41, 5.74) is 0.694. The largest absolute Gasteiger partial charge is 0.350 e. The van der Waals surface area contributed by atoms with Gasteiger partial charge in [0.05, 0.1) is 5.69 Å². The standard InChI is InChI=1S/C20H23N5O2/c1-22-20(27)25(17-7-3-2-4-8-17)19(21-22)16-9-13-24(14-10-16)18(26)15-23-11-5-6-12-23/h2-8,11-12,16H,9-10,13-15H2,1H3. The Labute approximate surface area is 157 Å². The number of hydrogen-bond donors (Lipinski definition) is 0. The van der Waals surface area contributed by atoms with Crippen molar-refractivity contribution in [3.05, 3.63) is 71.2 Å². The van der Waals surface area contributed by atoms with Gasteiger partial charge in [-0.15, -0.1) is 0 Å². The van der Waals surface area contributed by atoms with Crippen LogP contribution >= 0.6 is 0 Å². The van der Waals surface area contributed by atoms with Gasteiger partial charge in [-0.3, -0.25) is 4.79 Å². The fraction of sp³-hybridized carbons (Fsp3) is 0.350. The zero-order chi connectivity index (χ0) is 18.8. The minimum absolute atomic E-state index is 0.131. The Bertz CT molecular complexity index is 964. The van der Waals surface area contributed by atoms with E-state index in [1.807, 2.05) is 64.3 Å². The number of para-hydroxylation sites is 1. The highest BCUT2D eigenvalue weighted by Crippen LogP contribution is 2.27. The van der Waals surface area contributed by atoms with E-state index in [9.17, 15) is 9.59 Å². The van der Waals surface area contributed by atoms with Crippen LogP contribution in [0.4, 0.5) is 0 Å². The lowest BCUT2D eigenvalue weighted by Crippen LogP contribution is -2.40. The molecule has 7 heteroatoms. The number of aromatic nitrogens is 4. The molecule has 0 spiro atoms. The van der Waals surface area contributed by atoms with Crippen LogP contribution in [0.5, 0.6) is 0 Å². The van der Waals surface area contributed by atoms with E-state index in [2.05, 4.69) is 5.10 Å². The molecule has 2 aromatic heterocycles. The Hall–Kier alpha value is -3.09. The van der Waals surface area contributed by atoms with Gasteiger partial charge in [0, 0.05) is 38.4 Å². The molecule has 1 aliphatic rings. The maximum atomic E-state index is 12.6. The molecule has 0 aliphatic carbocycles. The molecular formula is C20H23N5O2. The third-order valence-electron chi connectivity index (χ3n) is 5.16. The highest BCUT2D eigenvalue weighted by molar-refractivity contribution is 5.76. The fourth-order valence-electron chi connectivity index (χ4n) is 3.69. The van der Waals surface area contributed by atoms with Gasteiger partial charge < -0.3 is 9.47 Å². The molecule has 0 bridgehead atoms. The van der Waals surface area contributed by atoms with Gasteiger partial charge >= 0.3 is 5.69 Å². The zero-order valence-electron chi connectivity index (χ0n) is 15.4. The highest BCUT2D eigenvalue weighted by Gasteiger charge is 2.28. The lowest BCUT2D eigenvalue weighted by molar-refractivity contribution is -0.132. The van der Waals surface area contributed by atoms with Crippen molar-refractivity contribution in [2.45, 2.75) is 25.3 Å². The number of carbonyl (C=O) groups excluding carboxylic acids is 1. The molecule has 1 saturated heterocycles. The molecular weight excluding hydrogens is 342 g/mol. The number of aryl methyl sites for hydroxylation is 1. The first-order valence-electron chi connectivity index (χ1n) is 9.23. The van der Waals surface area contributed by atoms with E-state index in [0.29, 0.717) is 19.6 Å². The third kappa shape index (κ3) is 3.45. The minimum Gasteiger partial charge on any atom is -0.345 e. The molecule has 3 heterocycles. The van der Waals surface area contributed by atoms with Crippen LogP contribution in [-0.4, -0.2) is 42.8 Å². The predicted molar refractivity (Wildman–Crippen MR) is 102 cm³/mol. The lowest BCUT2D eigenvalue weighted by Gasteiger charge is -2.31. The lowest BCUT2D eigenvalue weighted by atomic mass is 9.95. The molecule has 1 amide bonds. The molecule has 0 radical (unpaired) electrons. The number of benzene rings is 1. The summed E-state index contributed by atoms with van der Waals surface area (Å²) in [5.74, 6) is 1.08. The third-order valence-corrected chi connectivity index (χ3v) is 5.16. The summed E-state index contributed by atoms with van der Waals surface area (Å²) in [6, 6.07) is 13.4. The molecule has 1 fully saturated rings. The Morgan fingerprint density at radius 2 is 1.74 bits per heavy atom. The van der Waals surface area contributed by atoms with Crippen molar-refractivity contribution in [3.8, 4) is 5.69 Å². The molecule has 1 aliphatic heterocycles. The van der Waals surface area contributed by atoms with Crippen molar-refractivity contribution in [3.63, 3.8) is 0 Å². The van der Waals surface area contributed by atoms with E-state index in [0.717, 1.165) is 24.4 Å². The van der Waals surface area contributed by atoms with Gasteiger partial charge in [-0.2, -0.15) is 5.10 Å². The van der Waals surface area contributed by atoms with Crippen molar-refractivity contribution < 1.29 is 4.79 Å². The molecule has 27 heavy (non-hydrogen) atoms. The van der Waals surface area contributed by atoms with Gasteiger partial charge in [0.25, 0.3) is 0 Å². The van der Waals surface area contributed by atoms with Gasteiger partial charge in [-0.1, -0.05) is 18.2 Å². The average Bonchev–Trinajstić information content (AvgIpc) is 3.31. The number of piperidine rings is 1. The van der Waals surface area contributed by atoms with E-state index in [1.165, 1.54) is 4.68 Å². The number of likely N-dealkylation sites (tertiary alicyclic amines) is 1. The second-order valence-corrected chi connectivity index (χ2v) is 6.95. The van der Waals surface area contributed by atoms with Crippen molar-refractivity contribution >= 4 is 5.91 Å². The Kier molecular flexibility index (Phi) is 4.66. The second kappa shape index (κ2) is 7.26. The number of nitrogens with zero attached hydrogens (tertiary/aromatic N) is 5. The monoisotopic (exact) mass is 365 g/mol. The number of rotatable bonds is 4. The Balaban J connectivity index is 1.50. The van der Waals surface area contributed by atoms with Crippen LogP contribution in [0, 0.1) is 0 Å². The zero-order valence-corrected chi connectivity index (χ0v) is 15.4. The Morgan fingerprint density at radius 3 is 2.41 bits per heavy atom. The first-order valence-corrected chi connectivity index (χ1v) is 9.23. The van der Waals surface area contributed by atoms with Crippen molar-refractivity contribution in [1.29, 1.82) is 0 Å². The average molecular weight is 365 g/mol. The van der Waals surface area contributed by atoms with E-state index in [1.54, 1.807) is 11.6 Å². The summed E-state index contributed by atoms with van der Waals surface area (Å²) in [5, 5.41) is 4.50. The molecule has 0 N–H and O–H groups in total. The second-order valence-electron chi connectivity index (χ2n) is 6.95. The summed E-state index contributed by atoms with van der Waals surface area (Å²) < 4.78 is 4.98. The van der Waals surface area contributed by atoms with Gasteiger partial charge in [0.1, 0.15) is 12.4 Å². The summed E-state index contributed by atoms with van der Waals surface area (Å²) >= 11 is 0. The summed E-state index contributed by atoms with van der Waals surface area (Å²) in [7, 11) is 1.68. The van der Waals surface area contributed by atoms with Crippen molar-refractivity contribution in [2.75, 3.05) is 13.1 Å². The van der Waals surface area contributed by atoms with Crippen LogP contribution < -0.4 is 5.69 Å². The van der Waals surface area contributed by atoms with Crippen LogP contribution in [0.1, 0.15) is 24.6 Å². The molecule has 140 valence electrons.